The largest absolute Gasteiger partial charge is 0.482 e. The van der Waals surface area contributed by atoms with Crippen molar-refractivity contribution in [2.75, 3.05) is 25.2 Å². The number of benzene rings is 1. The number of anilines is 1. The van der Waals surface area contributed by atoms with Crippen LogP contribution in [0.15, 0.2) is 49.2 Å². The Morgan fingerprint density at radius 3 is 3.07 bits per heavy atom. The number of rotatable bonds is 4. The van der Waals surface area contributed by atoms with E-state index in [0.29, 0.717) is 41.0 Å². The van der Waals surface area contributed by atoms with E-state index in [4.69, 9.17) is 21.1 Å². The van der Waals surface area contributed by atoms with E-state index in [2.05, 4.69) is 15.1 Å². The van der Waals surface area contributed by atoms with Crippen LogP contribution in [0.25, 0.3) is 5.82 Å². The molecule has 27 heavy (non-hydrogen) atoms. The van der Waals surface area contributed by atoms with E-state index in [1.165, 1.54) is 17.3 Å². The van der Waals surface area contributed by atoms with Crippen LogP contribution in [0.4, 0.5) is 5.69 Å². The molecule has 9 heteroatoms. The van der Waals surface area contributed by atoms with E-state index in [0.717, 1.165) is 0 Å². The highest BCUT2D eigenvalue weighted by molar-refractivity contribution is 6.32. The summed E-state index contributed by atoms with van der Waals surface area (Å²) >= 11 is 6.28. The third kappa shape index (κ3) is 3.36. The van der Waals surface area contributed by atoms with Crippen molar-refractivity contribution in [1.29, 1.82) is 0 Å². The van der Waals surface area contributed by atoms with Crippen molar-refractivity contribution in [3.8, 4) is 11.6 Å². The predicted octanol–water partition coefficient (Wildman–Crippen LogP) is 2.37. The zero-order chi connectivity index (χ0) is 18.8. The molecule has 0 bridgehead atoms. The number of halogens is 1. The summed E-state index contributed by atoms with van der Waals surface area (Å²) in [6, 6.07) is 8.65. The molecule has 1 unspecified atom stereocenters. The number of fused-ring (bicyclic) bond motifs is 1. The Kier molecular flexibility index (Phi) is 4.74. The molecule has 8 nitrogen and oxygen atoms in total. The van der Waals surface area contributed by atoms with Gasteiger partial charge in [0.05, 0.1) is 23.9 Å². The van der Waals surface area contributed by atoms with Crippen LogP contribution in [-0.4, -0.2) is 52.0 Å². The molecule has 1 aliphatic heterocycles. The minimum Gasteiger partial charge on any atom is -0.482 e. The summed E-state index contributed by atoms with van der Waals surface area (Å²) < 4.78 is 12.6. The number of para-hydroxylation sites is 1. The Morgan fingerprint density at radius 1 is 1.41 bits per heavy atom. The van der Waals surface area contributed by atoms with Crippen LogP contribution in [0.3, 0.4) is 0 Å². The van der Waals surface area contributed by atoms with Crippen molar-refractivity contribution < 1.29 is 14.3 Å². The molecule has 0 saturated heterocycles. The zero-order valence-corrected chi connectivity index (χ0v) is 15.2. The summed E-state index contributed by atoms with van der Waals surface area (Å²) in [6.45, 7) is 0.690. The maximum atomic E-state index is 13.3. The summed E-state index contributed by atoms with van der Waals surface area (Å²) in [5.74, 6) is 0.796. The van der Waals surface area contributed by atoms with Gasteiger partial charge in [-0.2, -0.15) is 5.10 Å². The molecular formula is C18H16ClN5O3. The van der Waals surface area contributed by atoms with Gasteiger partial charge in [0, 0.05) is 18.9 Å². The van der Waals surface area contributed by atoms with Crippen LogP contribution in [0.5, 0.6) is 5.75 Å². The maximum Gasteiger partial charge on any atom is 0.258 e. The predicted molar refractivity (Wildman–Crippen MR) is 98.6 cm³/mol. The van der Waals surface area contributed by atoms with Crippen LogP contribution in [-0.2, 0) is 4.74 Å². The standard InChI is InChI=1S/C18H16ClN5O3/c1-26-9-13-8-23(15-4-2-3-14(19)17(15)27-13)18(25)12-5-6-21-16(7-12)24-11-20-10-22-24/h2-7,10-11,13H,8-9H2,1H3. The first kappa shape index (κ1) is 17.4. The summed E-state index contributed by atoms with van der Waals surface area (Å²) in [7, 11) is 1.59. The van der Waals surface area contributed by atoms with E-state index in [1.807, 2.05) is 6.07 Å². The van der Waals surface area contributed by atoms with E-state index >= 15 is 0 Å². The lowest BCUT2D eigenvalue weighted by atomic mass is 10.1. The molecule has 4 rings (SSSR count). The molecule has 0 fully saturated rings. The third-order valence-electron chi connectivity index (χ3n) is 4.15. The molecular weight excluding hydrogens is 370 g/mol. The van der Waals surface area contributed by atoms with E-state index < -0.39 is 0 Å². The number of methoxy groups -OCH3 is 1. The number of ether oxygens (including phenoxy) is 2. The molecule has 3 heterocycles. The number of amides is 1. The number of hydrogen-bond donors (Lipinski definition) is 0. The zero-order valence-electron chi connectivity index (χ0n) is 14.4. The Hall–Kier alpha value is -2.97. The summed E-state index contributed by atoms with van der Waals surface area (Å²) in [5.41, 5.74) is 1.10. The van der Waals surface area contributed by atoms with Crippen molar-refractivity contribution >= 4 is 23.2 Å². The third-order valence-corrected chi connectivity index (χ3v) is 4.45. The maximum absolute atomic E-state index is 13.3. The average molecular weight is 386 g/mol. The van der Waals surface area contributed by atoms with Gasteiger partial charge in [-0.1, -0.05) is 17.7 Å². The molecule has 3 aromatic rings. The van der Waals surface area contributed by atoms with Crippen molar-refractivity contribution in [3.63, 3.8) is 0 Å². The number of carbonyl (C=O) groups excluding carboxylic acids is 1. The average Bonchev–Trinajstić information content (AvgIpc) is 3.23. The van der Waals surface area contributed by atoms with Gasteiger partial charge in [-0.3, -0.25) is 4.79 Å². The Labute approximate surface area is 160 Å². The molecule has 0 saturated carbocycles. The van der Waals surface area contributed by atoms with Gasteiger partial charge in [0.25, 0.3) is 5.91 Å². The van der Waals surface area contributed by atoms with Crippen LogP contribution in [0.2, 0.25) is 5.02 Å². The second kappa shape index (κ2) is 7.34. The lowest BCUT2D eigenvalue weighted by molar-refractivity contribution is 0.0735. The number of nitrogens with zero attached hydrogens (tertiary/aromatic N) is 5. The van der Waals surface area contributed by atoms with Gasteiger partial charge in [0.2, 0.25) is 0 Å². The highest BCUT2D eigenvalue weighted by atomic mass is 35.5. The van der Waals surface area contributed by atoms with Gasteiger partial charge >= 0.3 is 0 Å². The monoisotopic (exact) mass is 385 g/mol. The van der Waals surface area contributed by atoms with Gasteiger partial charge in [-0.15, -0.1) is 0 Å². The number of carbonyl (C=O) groups is 1. The van der Waals surface area contributed by atoms with Crippen molar-refractivity contribution in [1.82, 2.24) is 19.7 Å². The minimum atomic E-state index is -0.317. The lowest BCUT2D eigenvalue weighted by Gasteiger charge is -2.35. The molecule has 1 atom stereocenters. The first-order valence-electron chi connectivity index (χ1n) is 8.24. The summed E-state index contributed by atoms with van der Waals surface area (Å²) in [5, 5.41) is 4.50. The summed E-state index contributed by atoms with van der Waals surface area (Å²) in [4.78, 5) is 23.0. The minimum absolute atomic E-state index is 0.188. The fraction of sp³-hybridized carbons (Fsp3) is 0.222. The first-order valence-corrected chi connectivity index (χ1v) is 8.62. The number of hydrogen-bond acceptors (Lipinski definition) is 6. The molecule has 0 aliphatic carbocycles. The first-order chi connectivity index (χ1) is 13.2. The normalized spacial score (nSPS) is 15.9. The SMILES string of the molecule is COCC1CN(C(=O)c2ccnc(-n3cncn3)c2)c2cccc(Cl)c2O1. The Bertz CT molecular complexity index is 963. The van der Waals surface area contributed by atoms with Gasteiger partial charge < -0.3 is 14.4 Å². The van der Waals surface area contributed by atoms with Gasteiger partial charge in [-0.25, -0.2) is 14.6 Å². The lowest BCUT2D eigenvalue weighted by Crippen LogP contribution is -2.45. The van der Waals surface area contributed by atoms with Gasteiger partial charge in [-0.05, 0) is 24.3 Å². The van der Waals surface area contributed by atoms with E-state index in [9.17, 15) is 4.79 Å². The highest BCUT2D eigenvalue weighted by Gasteiger charge is 2.32. The van der Waals surface area contributed by atoms with Crippen LogP contribution in [0, 0.1) is 0 Å². The van der Waals surface area contributed by atoms with Crippen molar-refractivity contribution in [2.24, 2.45) is 0 Å². The second-order valence-corrected chi connectivity index (χ2v) is 6.35. The number of aromatic nitrogens is 4. The van der Waals surface area contributed by atoms with Crippen molar-refractivity contribution in [2.45, 2.75) is 6.10 Å². The Balaban J connectivity index is 1.71. The van der Waals surface area contributed by atoms with E-state index in [1.54, 1.807) is 42.5 Å². The molecule has 0 N–H and O–H groups in total. The smallest absolute Gasteiger partial charge is 0.258 e. The molecule has 1 amide bonds. The van der Waals surface area contributed by atoms with Crippen LogP contribution < -0.4 is 9.64 Å². The molecule has 2 aromatic heterocycles. The van der Waals surface area contributed by atoms with Crippen LogP contribution >= 0.6 is 11.6 Å². The van der Waals surface area contributed by atoms with Gasteiger partial charge in [0.1, 0.15) is 18.8 Å². The van der Waals surface area contributed by atoms with E-state index in [-0.39, 0.29) is 12.0 Å². The topological polar surface area (TPSA) is 82.4 Å². The summed E-state index contributed by atoms with van der Waals surface area (Å²) in [6.07, 6.45) is 4.18. The van der Waals surface area contributed by atoms with Crippen LogP contribution in [0.1, 0.15) is 10.4 Å². The molecule has 138 valence electrons. The van der Waals surface area contributed by atoms with Gasteiger partial charge in [0.15, 0.2) is 11.6 Å². The fourth-order valence-electron chi connectivity index (χ4n) is 2.96. The van der Waals surface area contributed by atoms with Crippen molar-refractivity contribution in [3.05, 3.63) is 59.8 Å². The number of pyridine rings is 1. The fourth-order valence-corrected chi connectivity index (χ4v) is 3.17. The quantitative estimate of drug-likeness (QED) is 0.685. The second-order valence-electron chi connectivity index (χ2n) is 5.94. The molecule has 0 radical (unpaired) electrons. The molecule has 0 spiro atoms. The molecule has 1 aromatic carbocycles. The molecule has 1 aliphatic rings. The Morgan fingerprint density at radius 2 is 2.30 bits per heavy atom. The highest BCUT2D eigenvalue weighted by Crippen LogP contribution is 2.40.